The summed E-state index contributed by atoms with van der Waals surface area (Å²) in [6, 6.07) is 6.09. The Morgan fingerprint density at radius 3 is 2.62 bits per heavy atom. The Morgan fingerprint density at radius 2 is 2.04 bits per heavy atom. The van der Waals surface area contributed by atoms with E-state index in [0.29, 0.717) is 6.54 Å². The molecule has 130 valence electrons. The number of alkyl halides is 2. The zero-order valence-electron chi connectivity index (χ0n) is 13.5. The number of rotatable bonds is 6. The second-order valence-corrected chi connectivity index (χ2v) is 6.22. The van der Waals surface area contributed by atoms with E-state index in [1.54, 1.807) is 23.7 Å². The lowest BCUT2D eigenvalue weighted by atomic mass is 10.1. The minimum absolute atomic E-state index is 0.0677. The molecule has 0 saturated heterocycles. The van der Waals surface area contributed by atoms with E-state index in [1.165, 1.54) is 12.1 Å². The van der Waals surface area contributed by atoms with Crippen molar-refractivity contribution >= 4 is 27.5 Å². The van der Waals surface area contributed by atoms with Crippen LogP contribution in [0.3, 0.4) is 0 Å². The molecule has 2 rings (SSSR count). The fourth-order valence-electron chi connectivity index (χ4n) is 2.22. The number of aryl methyl sites for hydroxylation is 1. The molecule has 0 radical (unpaired) electrons. The minimum Gasteiger partial charge on any atom is -0.433 e. The first-order valence-corrected chi connectivity index (χ1v) is 8.13. The zero-order valence-corrected chi connectivity index (χ0v) is 15.1. The second kappa shape index (κ2) is 7.74. The number of hydrogen-bond donors (Lipinski definition) is 1. The van der Waals surface area contributed by atoms with Gasteiger partial charge in [-0.05, 0) is 41.9 Å². The molecule has 0 fully saturated rings. The van der Waals surface area contributed by atoms with Crippen LogP contribution in [0.2, 0.25) is 0 Å². The molecular weight excluding hydrogens is 384 g/mol. The third kappa shape index (κ3) is 4.31. The summed E-state index contributed by atoms with van der Waals surface area (Å²) in [5.41, 5.74) is 1.98. The van der Waals surface area contributed by atoms with Crippen LogP contribution < -0.4 is 10.1 Å². The van der Waals surface area contributed by atoms with Crippen LogP contribution >= 0.6 is 15.9 Å². The highest BCUT2D eigenvalue weighted by molar-refractivity contribution is 9.10. The number of amides is 1. The van der Waals surface area contributed by atoms with E-state index in [9.17, 15) is 13.6 Å². The van der Waals surface area contributed by atoms with Crippen molar-refractivity contribution < 1.29 is 18.3 Å². The van der Waals surface area contributed by atoms with Crippen LogP contribution in [0.5, 0.6) is 5.75 Å². The van der Waals surface area contributed by atoms with Crippen LogP contribution in [0, 0.1) is 19.8 Å². The van der Waals surface area contributed by atoms with Gasteiger partial charge >= 0.3 is 6.61 Å². The van der Waals surface area contributed by atoms with Gasteiger partial charge in [-0.1, -0.05) is 19.1 Å². The average Bonchev–Trinajstić information content (AvgIpc) is 2.76. The molecule has 1 atom stereocenters. The number of para-hydroxylation sites is 2. The van der Waals surface area contributed by atoms with E-state index in [-0.39, 0.29) is 17.3 Å². The molecule has 0 aliphatic rings. The molecule has 5 nitrogen and oxygen atoms in total. The first-order valence-electron chi connectivity index (χ1n) is 7.33. The van der Waals surface area contributed by atoms with Gasteiger partial charge in [-0.15, -0.1) is 0 Å². The van der Waals surface area contributed by atoms with Gasteiger partial charge in [0.1, 0.15) is 5.75 Å². The molecular formula is C16H18BrF2N3O2. The molecule has 0 saturated carbocycles. The van der Waals surface area contributed by atoms with Crippen molar-refractivity contribution in [2.45, 2.75) is 33.9 Å². The number of benzene rings is 1. The highest BCUT2D eigenvalue weighted by atomic mass is 79.9. The molecule has 0 aliphatic heterocycles. The average molecular weight is 402 g/mol. The van der Waals surface area contributed by atoms with Gasteiger partial charge in [0.05, 0.1) is 28.3 Å². The topological polar surface area (TPSA) is 56.2 Å². The van der Waals surface area contributed by atoms with Crippen molar-refractivity contribution in [2.24, 2.45) is 5.92 Å². The zero-order chi connectivity index (χ0) is 17.9. The molecule has 0 aliphatic carbocycles. The van der Waals surface area contributed by atoms with Gasteiger partial charge in [0.25, 0.3) is 0 Å². The molecule has 8 heteroatoms. The van der Waals surface area contributed by atoms with Crippen molar-refractivity contribution in [3.05, 3.63) is 40.1 Å². The molecule has 1 heterocycles. The summed E-state index contributed by atoms with van der Waals surface area (Å²) in [5, 5.41) is 6.99. The molecule has 2 aromatic rings. The Hall–Kier alpha value is -1.96. The summed E-state index contributed by atoms with van der Waals surface area (Å²) in [6.07, 6.45) is 0. The Bertz CT molecular complexity index is 734. The summed E-state index contributed by atoms with van der Waals surface area (Å²) in [5.74, 6) is -0.777. The van der Waals surface area contributed by atoms with E-state index in [2.05, 4.69) is 31.1 Å². The van der Waals surface area contributed by atoms with Crippen molar-refractivity contribution in [2.75, 3.05) is 5.32 Å². The standard InChI is InChI=1S/C16H18BrF2N3O2/c1-9(8-22-11(3)14(17)10(2)21-22)15(23)20-12-6-4-5-7-13(12)24-16(18)19/h4-7,9,16H,8H2,1-3H3,(H,20,23). The number of nitrogens with zero attached hydrogens (tertiary/aromatic N) is 2. The van der Waals surface area contributed by atoms with Crippen molar-refractivity contribution in [1.82, 2.24) is 9.78 Å². The summed E-state index contributed by atoms with van der Waals surface area (Å²) in [4.78, 5) is 12.4. The van der Waals surface area contributed by atoms with Gasteiger partial charge in [0, 0.05) is 5.69 Å². The lowest BCUT2D eigenvalue weighted by Crippen LogP contribution is -2.25. The normalized spacial score (nSPS) is 12.3. The molecule has 1 unspecified atom stereocenters. The Balaban J connectivity index is 2.08. The van der Waals surface area contributed by atoms with E-state index in [0.717, 1.165) is 15.9 Å². The van der Waals surface area contributed by atoms with Crippen LogP contribution in [-0.2, 0) is 11.3 Å². The van der Waals surface area contributed by atoms with Crippen LogP contribution in [0.4, 0.5) is 14.5 Å². The number of hydrogen-bond acceptors (Lipinski definition) is 3. The molecule has 0 bridgehead atoms. The number of ether oxygens (including phenoxy) is 1. The van der Waals surface area contributed by atoms with Gasteiger partial charge in [-0.25, -0.2) is 0 Å². The van der Waals surface area contributed by atoms with E-state index < -0.39 is 12.5 Å². The van der Waals surface area contributed by atoms with Crippen LogP contribution in [0.25, 0.3) is 0 Å². The Labute approximate surface area is 147 Å². The Kier molecular flexibility index (Phi) is 5.93. The van der Waals surface area contributed by atoms with Gasteiger partial charge in [-0.3, -0.25) is 9.48 Å². The maximum Gasteiger partial charge on any atom is 0.387 e. The maximum atomic E-state index is 12.4. The summed E-state index contributed by atoms with van der Waals surface area (Å²) in [6.45, 7) is 2.95. The number of halogens is 3. The lowest BCUT2D eigenvalue weighted by Gasteiger charge is -2.15. The van der Waals surface area contributed by atoms with Crippen LogP contribution in [0.15, 0.2) is 28.7 Å². The molecule has 0 spiro atoms. The minimum atomic E-state index is -2.95. The van der Waals surface area contributed by atoms with Gasteiger partial charge in [-0.2, -0.15) is 13.9 Å². The Morgan fingerprint density at radius 1 is 1.38 bits per heavy atom. The summed E-state index contributed by atoms with van der Waals surface area (Å²) >= 11 is 3.44. The van der Waals surface area contributed by atoms with Gasteiger partial charge in [0.15, 0.2) is 0 Å². The third-order valence-electron chi connectivity index (χ3n) is 3.55. The molecule has 1 N–H and O–H groups in total. The molecule has 24 heavy (non-hydrogen) atoms. The second-order valence-electron chi connectivity index (χ2n) is 5.43. The fourth-order valence-corrected chi connectivity index (χ4v) is 2.50. The lowest BCUT2D eigenvalue weighted by molar-refractivity contribution is -0.119. The summed E-state index contributed by atoms with van der Waals surface area (Å²) < 4.78 is 31.9. The quantitative estimate of drug-likeness (QED) is 0.791. The number of aromatic nitrogens is 2. The first kappa shape index (κ1) is 18.4. The SMILES string of the molecule is Cc1nn(CC(C)C(=O)Nc2ccccc2OC(F)F)c(C)c1Br. The number of carbonyl (C=O) groups is 1. The largest absolute Gasteiger partial charge is 0.433 e. The predicted molar refractivity (Wildman–Crippen MR) is 90.3 cm³/mol. The van der Waals surface area contributed by atoms with E-state index >= 15 is 0 Å². The molecule has 1 aromatic heterocycles. The van der Waals surface area contributed by atoms with Gasteiger partial charge in [0.2, 0.25) is 5.91 Å². The highest BCUT2D eigenvalue weighted by Crippen LogP contribution is 2.26. The van der Waals surface area contributed by atoms with E-state index in [4.69, 9.17) is 0 Å². The van der Waals surface area contributed by atoms with Crippen LogP contribution in [0.1, 0.15) is 18.3 Å². The van der Waals surface area contributed by atoms with Crippen molar-refractivity contribution in [3.63, 3.8) is 0 Å². The summed E-state index contributed by atoms with van der Waals surface area (Å²) in [7, 11) is 0. The molecule has 1 amide bonds. The predicted octanol–water partition coefficient (Wildman–Crippen LogP) is 4.14. The monoisotopic (exact) mass is 401 g/mol. The fraction of sp³-hybridized carbons (Fsp3) is 0.375. The number of anilines is 1. The number of nitrogens with one attached hydrogen (secondary N) is 1. The van der Waals surface area contributed by atoms with Crippen molar-refractivity contribution in [3.8, 4) is 5.75 Å². The smallest absolute Gasteiger partial charge is 0.387 e. The highest BCUT2D eigenvalue weighted by Gasteiger charge is 2.19. The van der Waals surface area contributed by atoms with Gasteiger partial charge < -0.3 is 10.1 Å². The maximum absolute atomic E-state index is 12.4. The van der Waals surface area contributed by atoms with E-state index in [1.807, 2.05) is 13.8 Å². The van der Waals surface area contributed by atoms with Crippen LogP contribution in [-0.4, -0.2) is 22.3 Å². The number of carbonyl (C=O) groups excluding carboxylic acids is 1. The first-order chi connectivity index (χ1) is 11.3. The third-order valence-corrected chi connectivity index (χ3v) is 4.70. The van der Waals surface area contributed by atoms with Crippen molar-refractivity contribution in [1.29, 1.82) is 0 Å². The molecule has 1 aromatic carbocycles.